The molecule has 2 aromatic rings. The van der Waals surface area contributed by atoms with Crippen LogP contribution in [-0.4, -0.2) is 51.8 Å². The smallest absolute Gasteiger partial charge is 0.246 e. The van der Waals surface area contributed by atoms with Gasteiger partial charge in [-0.2, -0.15) is 14.4 Å². The van der Waals surface area contributed by atoms with Gasteiger partial charge in [-0.05, 0) is 19.8 Å². The Bertz CT molecular complexity index is 785. The van der Waals surface area contributed by atoms with Crippen LogP contribution in [0.3, 0.4) is 0 Å². The molecule has 9 nitrogen and oxygen atoms in total. The van der Waals surface area contributed by atoms with E-state index in [1.165, 1.54) is 10.5 Å². The summed E-state index contributed by atoms with van der Waals surface area (Å²) in [6, 6.07) is 0. The van der Waals surface area contributed by atoms with Crippen LogP contribution in [0.4, 0.5) is 0 Å². The molecule has 0 spiro atoms. The van der Waals surface area contributed by atoms with Gasteiger partial charge >= 0.3 is 0 Å². The van der Waals surface area contributed by atoms with E-state index in [0.29, 0.717) is 31.3 Å². The van der Waals surface area contributed by atoms with Crippen molar-refractivity contribution in [1.29, 1.82) is 0 Å². The van der Waals surface area contributed by atoms with Crippen LogP contribution in [0.15, 0.2) is 21.8 Å². The van der Waals surface area contributed by atoms with Crippen molar-refractivity contribution < 1.29 is 17.7 Å². The average molecular weight is 355 g/mol. The first-order valence-electron chi connectivity index (χ1n) is 7.92. The quantitative estimate of drug-likeness (QED) is 0.760. The minimum atomic E-state index is -3.54. The Morgan fingerprint density at radius 2 is 2.29 bits per heavy atom. The Hall–Kier alpha value is -1.78. The lowest BCUT2D eigenvalue weighted by Gasteiger charge is -2.31. The molecule has 1 atom stereocenters. The van der Waals surface area contributed by atoms with Crippen molar-refractivity contribution in [3.05, 3.63) is 24.1 Å². The third kappa shape index (κ3) is 3.65. The topological polar surface area (TPSA) is 103 Å². The predicted molar refractivity (Wildman–Crippen MR) is 83.5 cm³/mol. The number of nitrogens with zero attached hydrogens (tertiary/aromatic N) is 5. The van der Waals surface area contributed by atoms with Crippen LogP contribution in [0.25, 0.3) is 0 Å². The molecule has 0 N–H and O–H groups in total. The molecule has 3 rings (SSSR count). The van der Waals surface area contributed by atoms with Gasteiger partial charge in [0.05, 0.1) is 12.3 Å². The van der Waals surface area contributed by atoms with Crippen molar-refractivity contribution in [2.75, 3.05) is 13.1 Å². The fourth-order valence-corrected chi connectivity index (χ4v) is 4.12. The zero-order valence-electron chi connectivity index (χ0n) is 13.8. The molecule has 0 bridgehead atoms. The monoisotopic (exact) mass is 355 g/mol. The molecule has 10 heteroatoms. The minimum absolute atomic E-state index is 0.187. The molecule has 0 aromatic carbocycles. The van der Waals surface area contributed by atoms with Crippen molar-refractivity contribution in [2.24, 2.45) is 0 Å². The number of rotatable bonds is 6. The maximum absolute atomic E-state index is 12.7. The highest BCUT2D eigenvalue weighted by Gasteiger charge is 2.31. The summed E-state index contributed by atoms with van der Waals surface area (Å²) in [4.78, 5) is 4.30. The van der Waals surface area contributed by atoms with Gasteiger partial charge in [-0.3, -0.25) is 4.68 Å². The van der Waals surface area contributed by atoms with E-state index in [0.717, 1.165) is 12.8 Å². The number of piperidine rings is 1. The summed E-state index contributed by atoms with van der Waals surface area (Å²) in [5.41, 5.74) is 0. The summed E-state index contributed by atoms with van der Waals surface area (Å²) in [5.74, 6) is 0.950. The second-order valence-corrected chi connectivity index (χ2v) is 7.64. The highest BCUT2D eigenvalue weighted by Crippen LogP contribution is 2.22. The summed E-state index contributed by atoms with van der Waals surface area (Å²) in [5, 5.41) is 7.82. The van der Waals surface area contributed by atoms with Gasteiger partial charge in [0.15, 0.2) is 5.82 Å². The second-order valence-electron chi connectivity index (χ2n) is 5.70. The average Bonchev–Trinajstić information content (AvgIpc) is 3.22. The summed E-state index contributed by atoms with van der Waals surface area (Å²) in [6.45, 7) is 5.27. The first-order valence-corrected chi connectivity index (χ1v) is 9.36. The van der Waals surface area contributed by atoms with Crippen LogP contribution >= 0.6 is 0 Å². The third-order valence-corrected chi connectivity index (χ3v) is 5.75. The van der Waals surface area contributed by atoms with Crippen LogP contribution < -0.4 is 0 Å². The Morgan fingerprint density at radius 3 is 2.96 bits per heavy atom. The summed E-state index contributed by atoms with van der Waals surface area (Å²) < 4.78 is 39.1. The fraction of sp³-hybridized carbons (Fsp3) is 0.643. The van der Waals surface area contributed by atoms with E-state index in [4.69, 9.17) is 9.26 Å². The molecule has 1 aliphatic rings. The zero-order chi connectivity index (χ0) is 17.2. The molecule has 24 heavy (non-hydrogen) atoms. The van der Waals surface area contributed by atoms with E-state index < -0.39 is 10.0 Å². The number of aryl methyl sites for hydroxylation is 2. The zero-order valence-corrected chi connectivity index (χ0v) is 14.6. The van der Waals surface area contributed by atoms with Gasteiger partial charge in [0, 0.05) is 32.8 Å². The normalized spacial score (nSPS) is 19.7. The largest absolute Gasteiger partial charge is 0.369 e. The van der Waals surface area contributed by atoms with Crippen LogP contribution in [0, 0.1) is 6.92 Å². The maximum Gasteiger partial charge on any atom is 0.246 e. The molecule has 1 unspecified atom stereocenters. The van der Waals surface area contributed by atoms with E-state index >= 15 is 0 Å². The molecule has 2 aromatic heterocycles. The molecule has 132 valence electrons. The van der Waals surface area contributed by atoms with E-state index in [-0.39, 0.29) is 17.6 Å². The number of aromatic nitrogens is 4. The lowest BCUT2D eigenvalue weighted by atomic mass is 10.1. The van der Waals surface area contributed by atoms with Gasteiger partial charge in [-0.1, -0.05) is 5.16 Å². The van der Waals surface area contributed by atoms with Crippen LogP contribution in [-0.2, 0) is 27.9 Å². The third-order valence-electron chi connectivity index (χ3n) is 3.93. The van der Waals surface area contributed by atoms with E-state index in [2.05, 4.69) is 15.2 Å². The molecule has 0 aliphatic carbocycles. The van der Waals surface area contributed by atoms with Gasteiger partial charge in [0.1, 0.15) is 11.5 Å². The van der Waals surface area contributed by atoms with Crippen LogP contribution in [0.1, 0.15) is 31.5 Å². The molecule has 0 amide bonds. The number of ether oxygens (including phenoxy) is 1. The Morgan fingerprint density at radius 1 is 1.46 bits per heavy atom. The number of hydrogen-bond acceptors (Lipinski definition) is 7. The van der Waals surface area contributed by atoms with Gasteiger partial charge < -0.3 is 9.26 Å². The molecule has 1 saturated heterocycles. The molecule has 3 heterocycles. The standard InChI is InChI=1S/C14H21N5O4S/c1-3-18-9-13(7-15-18)24(20,21)19-6-4-5-12(8-19)22-10-14-16-11(2)23-17-14/h7,9,12H,3-6,8,10H2,1-2H3. The number of hydrogen-bond donors (Lipinski definition) is 0. The van der Waals surface area contributed by atoms with Crippen molar-refractivity contribution in [1.82, 2.24) is 24.2 Å². The Kier molecular flexibility index (Phi) is 4.97. The van der Waals surface area contributed by atoms with E-state index in [1.807, 2.05) is 6.92 Å². The van der Waals surface area contributed by atoms with E-state index in [1.54, 1.807) is 17.8 Å². The molecule has 0 saturated carbocycles. The van der Waals surface area contributed by atoms with Crippen LogP contribution in [0.2, 0.25) is 0 Å². The first-order chi connectivity index (χ1) is 11.5. The van der Waals surface area contributed by atoms with Gasteiger partial charge in [0.25, 0.3) is 0 Å². The molecule has 1 aliphatic heterocycles. The second kappa shape index (κ2) is 6.99. The summed E-state index contributed by atoms with van der Waals surface area (Å²) >= 11 is 0. The highest BCUT2D eigenvalue weighted by atomic mass is 32.2. The lowest BCUT2D eigenvalue weighted by Crippen LogP contribution is -2.43. The molecule has 0 radical (unpaired) electrons. The van der Waals surface area contributed by atoms with Crippen molar-refractivity contribution in [2.45, 2.75) is 50.8 Å². The van der Waals surface area contributed by atoms with Crippen molar-refractivity contribution in [3.63, 3.8) is 0 Å². The number of sulfonamides is 1. The van der Waals surface area contributed by atoms with E-state index in [9.17, 15) is 8.42 Å². The molecular weight excluding hydrogens is 334 g/mol. The SMILES string of the molecule is CCn1cc(S(=O)(=O)N2CCCC(OCc3noc(C)n3)C2)cn1. The highest BCUT2D eigenvalue weighted by molar-refractivity contribution is 7.89. The summed E-state index contributed by atoms with van der Waals surface area (Å²) in [7, 11) is -3.54. The first kappa shape index (κ1) is 17.1. The summed E-state index contributed by atoms with van der Waals surface area (Å²) in [6.07, 6.45) is 4.31. The van der Waals surface area contributed by atoms with Gasteiger partial charge in [-0.15, -0.1) is 0 Å². The Labute approximate surface area is 140 Å². The van der Waals surface area contributed by atoms with Crippen molar-refractivity contribution in [3.8, 4) is 0 Å². The minimum Gasteiger partial charge on any atom is -0.369 e. The molecule has 1 fully saturated rings. The van der Waals surface area contributed by atoms with Crippen LogP contribution in [0.5, 0.6) is 0 Å². The molecular formula is C14H21N5O4S. The van der Waals surface area contributed by atoms with Gasteiger partial charge in [-0.25, -0.2) is 8.42 Å². The maximum atomic E-state index is 12.7. The Balaban J connectivity index is 1.63. The predicted octanol–water partition coefficient (Wildman–Crippen LogP) is 0.964. The lowest BCUT2D eigenvalue weighted by molar-refractivity contribution is 0.00438. The fourth-order valence-electron chi connectivity index (χ4n) is 2.65. The van der Waals surface area contributed by atoms with Crippen molar-refractivity contribution >= 4 is 10.0 Å². The van der Waals surface area contributed by atoms with Gasteiger partial charge in [0.2, 0.25) is 15.9 Å².